The van der Waals surface area contributed by atoms with E-state index in [1.807, 2.05) is 0 Å². The van der Waals surface area contributed by atoms with Gasteiger partial charge in [-0.3, -0.25) is 4.90 Å². The van der Waals surface area contributed by atoms with E-state index in [4.69, 9.17) is 4.74 Å². The highest BCUT2D eigenvalue weighted by molar-refractivity contribution is 4.81. The number of nitrogens with one attached hydrogen (secondary N) is 1. The van der Waals surface area contributed by atoms with Gasteiger partial charge >= 0.3 is 0 Å². The second-order valence-electron chi connectivity index (χ2n) is 6.50. The molecule has 1 N–H and O–H groups in total. The lowest BCUT2D eigenvalue weighted by atomic mass is 10.1. The van der Waals surface area contributed by atoms with Crippen molar-refractivity contribution in [2.75, 3.05) is 19.7 Å². The molecule has 1 rings (SSSR count). The molecule has 3 atom stereocenters. The molecule has 0 saturated carbocycles. The van der Waals surface area contributed by atoms with E-state index in [1.54, 1.807) is 0 Å². The van der Waals surface area contributed by atoms with Crippen LogP contribution in [0, 0.1) is 0 Å². The van der Waals surface area contributed by atoms with Gasteiger partial charge in [0.05, 0.1) is 12.7 Å². The van der Waals surface area contributed by atoms with E-state index in [9.17, 15) is 0 Å². The summed E-state index contributed by atoms with van der Waals surface area (Å²) in [5.41, 5.74) is 0.226. The highest BCUT2D eigenvalue weighted by Gasteiger charge is 2.27. The maximum Gasteiger partial charge on any atom is 0.0674 e. The fraction of sp³-hybridized carbons (Fsp3) is 1.00. The topological polar surface area (TPSA) is 24.5 Å². The molecule has 0 radical (unpaired) electrons. The van der Waals surface area contributed by atoms with Crippen molar-refractivity contribution in [1.29, 1.82) is 0 Å². The average Bonchev–Trinajstić information content (AvgIpc) is 2.19. The fourth-order valence-corrected chi connectivity index (χ4v) is 2.37. The largest absolute Gasteiger partial charge is 0.376 e. The summed E-state index contributed by atoms with van der Waals surface area (Å²) in [4.78, 5) is 2.58. The van der Waals surface area contributed by atoms with Crippen molar-refractivity contribution >= 4 is 0 Å². The Morgan fingerprint density at radius 3 is 2.59 bits per heavy atom. The maximum absolute atomic E-state index is 5.67. The maximum atomic E-state index is 5.67. The van der Waals surface area contributed by atoms with Crippen molar-refractivity contribution in [3.63, 3.8) is 0 Å². The van der Waals surface area contributed by atoms with Gasteiger partial charge in [0.25, 0.3) is 0 Å². The van der Waals surface area contributed by atoms with Gasteiger partial charge in [0.1, 0.15) is 0 Å². The summed E-state index contributed by atoms with van der Waals surface area (Å²) in [6.07, 6.45) is 1.58. The molecule has 102 valence electrons. The zero-order valence-electron chi connectivity index (χ0n) is 12.4. The van der Waals surface area contributed by atoms with Gasteiger partial charge in [-0.05, 0) is 54.5 Å². The van der Waals surface area contributed by atoms with Crippen LogP contribution in [0.1, 0.15) is 48.0 Å². The number of nitrogens with zero attached hydrogens (tertiary/aromatic N) is 1. The van der Waals surface area contributed by atoms with Gasteiger partial charge in [-0.15, -0.1) is 0 Å². The van der Waals surface area contributed by atoms with Crippen molar-refractivity contribution < 1.29 is 4.74 Å². The minimum atomic E-state index is 0.226. The molecular weight excluding hydrogens is 212 g/mol. The molecule has 17 heavy (non-hydrogen) atoms. The first kappa shape index (κ1) is 14.9. The molecule has 1 aliphatic rings. The SMILES string of the molecule is CC1CN(C(C)CCNC(C)(C)C)C(C)CO1. The van der Waals surface area contributed by atoms with Crippen LogP contribution < -0.4 is 5.32 Å². The van der Waals surface area contributed by atoms with Crippen LogP contribution in [-0.4, -0.2) is 48.3 Å². The van der Waals surface area contributed by atoms with E-state index in [1.165, 1.54) is 6.42 Å². The quantitative estimate of drug-likeness (QED) is 0.818. The van der Waals surface area contributed by atoms with E-state index < -0.39 is 0 Å². The van der Waals surface area contributed by atoms with Crippen molar-refractivity contribution in [1.82, 2.24) is 10.2 Å². The standard InChI is InChI=1S/C14H30N2O/c1-11(7-8-15-14(4,5)6)16-9-13(3)17-10-12(16)2/h11-13,15H,7-10H2,1-6H3. The van der Waals surface area contributed by atoms with Gasteiger partial charge in [-0.25, -0.2) is 0 Å². The molecular formula is C14H30N2O. The van der Waals surface area contributed by atoms with E-state index in [0.29, 0.717) is 18.2 Å². The predicted molar refractivity (Wildman–Crippen MR) is 73.4 cm³/mol. The summed E-state index contributed by atoms with van der Waals surface area (Å²) in [6, 6.07) is 1.18. The highest BCUT2D eigenvalue weighted by Crippen LogP contribution is 2.16. The number of ether oxygens (including phenoxy) is 1. The van der Waals surface area contributed by atoms with E-state index in [2.05, 4.69) is 51.8 Å². The lowest BCUT2D eigenvalue weighted by Gasteiger charge is -2.41. The van der Waals surface area contributed by atoms with E-state index >= 15 is 0 Å². The molecule has 0 bridgehead atoms. The van der Waals surface area contributed by atoms with Crippen molar-refractivity contribution in [2.24, 2.45) is 0 Å². The fourth-order valence-electron chi connectivity index (χ4n) is 2.37. The summed E-state index contributed by atoms with van der Waals surface area (Å²) in [6.45, 7) is 16.4. The molecule has 3 unspecified atom stereocenters. The molecule has 0 spiro atoms. The first-order valence-electron chi connectivity index (χ1n) is 6.92. The molecule has 1 saturated heterocycles. The molecule has 0 aromatic carbocycles. The minimum Gasteiger partial charge on any atom is -0.376 e. The third kappa shape index (κ3) is 5.36. The average molecular weight is 242 g/mol. The molecule has 1 aliphatic heterocycles. The minimum absolute atomic E-state index is 0.226. The summed E-state index contributed by atoms with van der Waals surface area (Å²) in [7, 11) is 0. The lowest BCUT2D eigenvalue weighted by Crippen LogP contribution is -2.52. The van der Waals surface area contributed by atoms with Crippen molar-refractivity contribution in [2.45, 2.75) is 71.7 Å². The second-order valence-corrected chi connectivity index (χ2v) is 6.50. The van der Waals surface area contributed by atoms with Gasteiger partial charge in [0, 0.05) is 24.2 Å². The molecule has 1 heterocycles. The molecule has 1 fully saturated rings. The van der Waals surface area contributed by atoms with Gasteiger partial charge in [0.2, 0.25) is 0 Å². The number of hydrogen-bond donors (Lipinski definition) is 1. The zero-order chi connectivity index (χ0) is 13.1. The van der Waals surface area contributed by atoms with Crippen LogP contribution in [0.5, 0.6) is 0 Å². The molecule has 0 aromatic heterocycles. The van der Waals surface area contributed by atoms with Crippen LogP contribution in [-0.2, 0) is 4.74 Å². The Balaban J connectivity index is 2.33. The zero-order valence-corrected chi connectivity index (χ0v) is 12.4. The summed E-state index contributed by atoms with van der Waals surface area (Å²) in [5.74, 6) is 0. The second kappa shape index (κ2) is 6.17. The highest BCUT2D eigenvalue weighted by atomic mass is 16.5. The van der Waals surface area contributed by atoms with Crippen molar-refractivity contribution in [3.8, 4) is 0 Å². The third-order valence-corrected chi connectivity index (χ3v) is 3.44. The molecule has 0 aliphatic carbocycles. The summed E-state index contributed by atoms with van der Waals surface area (Å²) < 4.78 is 5.67. The van der Waals surface area contributed by atoms with Gasteiger partial charge < -0.3 is 10.1 Å². The van der Waals surface area contributed by atoms with Gasteiger partial charge in [-0.2, -0.15) is 0 Å². The molecule has 3 nitrogen and oxygen atoms in total. The first-order valence-corrected chi connectivity index (χ1v) is 6.92. The smallest absolute Gasteiger partial charge is 0.0674 e. The molecule has 3 heteroatoms. The van der Waals surface area contributed by atoms with Crippen LogP contribution in [0.4, 0.5) is 0 Å². The van der Waals surface area contributed by atoms with Crippen LogP contribution in [0.25, 0.3) is 0 Å². The third-order valence-electron chi connectivity index (χ3n) is 3.44. The number of morpholine rings is 1. The molecule has 0 amide bonds. The van der Waals surface area contributed by atoms with E-state index in [-0.39, 0.29) is 5.54 Å². The molecule has 0 aromatic rings. The van der Waals surface area contributed by atoms with Crippen LogP contribution >= 0.6 is 0 Å². The monoisotopic (exact) mass is 242 g/mol. The Hall–Kier alpha value is -0.120. The Morgan fingerprint density at radius 2 is 2.00 bits per heavy atom. The lowest BCUT2D eigenvalue weighted by molar-refractivity contribution is -0.0643. The van der Waals surface area contributed by atoms with Crippen LogP contribution in [0.2, 0.25) is 0 Å². The normalized spacial score (nSPS) is 29.3. The summed E-state index contributed by atoms with van der Waals surface area (Å²) in [5, 5.41) is 3.56. The number of hydrogen-bond acceptors (Lipinski definition) is 3. The van der Waals surface area contributed by atoms with Crippen LogP contribution in [0.3, 0.4) is 0 Å². The van der Waals surface area contributed by atoms with Crippen molar-refractivity contribution in [3.05, 3.63) is 0 Å². The van der Waals surface area contributed by atoms with Gasteiger partial charge in [-0.1, -0.05) is 0 Å². The van der Waals surface area contributed by atoms with E-state index in [0.717, 1.165) is 19.7 Å². The summed E-state index contributed by atoms with van der Waals surface area (Å²) >= 11 is 0. The Labute approximate surface area is 107 Å². The Bertz CT molecular complexity index is 225. The number of rotatable bonds is 4. The first-order chi connectivity index (χ1) is 7.79. The Morgan fingerprint density at radius 1 is 1.35 bits per heavy atom. The Kier molecular flexibility index (Phi) is 5.42. The van der Waals surface area contributed by atoms with Crippen LogP contribution in [0.15, 0.2) is 0 Å². The predicted octanol–water partition coefficient (Wildman–Crippen LogP) is 2.26. The van der Waals surface area contributed by atoms with Gasteiger partial charge in [0.15, 0.2) is 0 Å².